The van der Waals surface area contributed by atoms with E-state index < -0.39 is 0 Å². The molecule has 0 fully saturated rings. The van der Waals surface area contributed by atoms with E-state index >= 15 is 0 Å². The molecule has 0 aromatic carbocycles. The number of aromatic nitrogens is 2. The number of hydrogen-bond donors (Lipinski definition) is 0. The van der Waals surface area contributed by atoms with E-state index in [-0.39, 0.29) is 0 Å². The van der Waals surface area contributed by atoms with Crippen molar-refractivity contribution < 1.29 is 0 Å². The first-order valence-electron chi connectivity index (χ1n) is 4.39. The van der Waals surface area contributed by atoms with E-state index in [1.165, 1.54) is 0 Å². The van der Waals surface area contributed by atoms with Gasteiger partial charge in [-0.3, -0.25) is 0 Å². The standard InChI is InChI=1S/C11H14N2/c1-4-6-11-10(9(3)5-2)7-12-8-13-11/h5-8H,2,4H2,1,3H3/b10-9-,11-6+. The number of allylic oxidation sites excluding steroid dienone is 1. The van der Waals surface area contributed by atoms with Gasteiger partial charge in [-0.05, 0) is 18.9 Å². The van der Waals surface area contributed by atoms with Gasteiger partial charge in [0.1, 0.15) is 6.33 Å². The highest BCUT2D eigenvalue weighted by molar-refractivity contribution is 5.52. The normalized spacial score (nSPS) is 14.2. The lowest BCUT2D eigenvalue weighted by Crippen LogP contribution is -2.29. The molecule has 0 radical (unpaired) electrons. The van der Waals surface area contributed by atoms with Crippen molar-refractivity contribution in [3.05, 3.63) is 35.7 Å². The van der Waals surface area contributed by atoms with Gasteiger partial charge in [-0.15, -0.1) is 0 Å². The molecular formula is C11H14N2. The highest BCUT2D eigenvalue weighted by Crippen LogP contribution is 1.86. The fraction of sp³-hybridized carbons (Fsp3) is 0.273. The first kappa shape index (κ1) is 9.65. The Labute approximate surface area is 78.4 Å². The quantitative estimate of drug-likeness (QED) is 0.669. The summed E-state index contributed by atoms with van der Waals surface area (Å²) in [5.41, 5.74) is 1.11. The lowest BCUT2D eigenvalue weighted by molar-refractivity contribution is 1.08. The zero-order valence-corrected chi connectivity index (χ0v) is 8.12. The Hall–Kier alpha value is -1.44. The van der Waals surface area contributed by atoms with Crippen LogP contribution in [0.25, 0.3) is 11.6 Å². The molecule has 1 rings (SSSR count). The molecule has 0 spiro atoms. The summed E-state index contributed by atoms with van der Waals surface area (Å²) in [6.45, 7) is 7.84. The van der Waals surface area contributed by atoms with Crippen LogP contribution in [0.1, 0.15) is 20.3 Å². The molecule has 1 heterocycles. The van der Waals surface area contributed by atoms with E-state index in [1.807, 2.05) is 19.2 Å². The smallest absolute Gasteiger partial charge is 0.116 e. The minimum atomic E-state index is 0.981. The Bertz CT molecular complexity index is 404. The van der Waals surface area contributed by atoms with Gasteiger partial charge in [-0.2, -0.15) is 0 Å². The maximum Gasteiger partial charge on any atom is 0.116 e. The zero-order chi connectivity index (χ0) is 9.68. The Kier molecular flexibility index (Phi) is 3.38. The third kappa shape index (κ3) is 2.25. The Morgan fingerprint density at radius 3 is 3.00 bits per heavy atom. The van der Waals surface area contributed by atoms with Crippen LogP contribution in [0.5, 0.6) is 0 Å². The van der Waals surface area contributed by atoms with Crippen LogP contribution in [0.4, 0.5) is 0 Å². The van der Waals surface area contributed by atoms with Gasteiger partial charge in [0.15, 0.2) is 0 Å². The molecular weight excluding hydrogens is 160 g/mol. The summed E-state index contributed by atoms with van der Waals surface area (Å²) in [6.07, 6.45) is 8.29. The van der Waals surface area contributed by atoms with E-state index in [9.17, 15) is 0 Å². The molecule has 0 aliphatic heterocycles. The van der Waals surface area contributed by atoms with Gasteiger partial charge in [0.05, 0.1) is 5.35 Å². The van der Waals surface area contributed by atoms with Gasteiger partial charge in [0, 0.05) is 11.4 Å². The second kappa shape index (κ2) is 4.55. The lowest BCUT2D eigenvalue weighted by Gasteiger charge is -1.92. The van der Waals surface area contributed by atoms with Gasteiger partial charge in [0.2, 0.25) is 0 Å². The lowest BCUT2D eigenvalue weighted by atomic mass is 10.2. The van der Waals surface area contributed by atoms with Crippen molar-refractivity contribution >= 4 is 11.6 Å². The molecule has 0 atom stereocenters. The molecule has 68 valence electrons. The predicted molar refractivity (Wildman–Crippen MR) is 55.3 cm³/mol. The van der Waals surface area contributed by atoms with Crippen LogP contribution in [0.2, 0.25) is 0 Å². The molecule has 0 aliphatic rings. The van der Waals surface area contributed by atoms with Crippen molar-refractivity contribution in [2.24, 2.45) is 0 Å². The fourth-order valence-electron chi connectivity index (χ4n) is 1.11. The Morgan fingerprint density at radius 1 is 1.62 bits per heavy atom. The van der Waals surface area contributed by atoms with Crippen molar-refractivity contribution in [1.29, 1.82) is 0 Å². The van der Waals surface area contributed by atoms with Gasteiger partial charge in [-0.25, -0.2) is 9.97 Å². The topological polar surface area (TPSA) is 25.8 Å². The number of nitrogens with zero attached hydrogens (tertiary/aromatic N) is 2. The summed E-state index contributed by atoms with van der Waals surface area (Å²) < 4.78 is 0. The van der Waals surface area contributed by atoms with Gasteiger partial charge < -0.3 is 0 Å². The summed E-state index contributed by atoms with van der Waals surface area (Å²) in [5, 5.41) is 2.06. The molecule has 0 N–H and O–H groups in total. The maximum absolute atomic E-state index is 4.20. The van der Waals surface area contributed by atoms with E-state index in [1.54, 1.807) is 6.33 Å². The maximum atomic E-state index is 4.20. The highest BCUT2D eigenvalue weighted by Gasteiger charge is 1.88. The summed E-state index contributed by atoms with van der Waals surface area (Å²) >= 11 is 0. The molecule has 0 unspecified atom stereocenters. The van der Waals surface area contributed by atoms with Gasteiger partial charge in [-0.1, -0.05) is 25.7 Å². The van der Waals surface area contributed by atoms with Crippen molar-refractivity contribution in [2.45, 2.75) is 20.3 Å². The molecule has 2 nitrogen and oxygen atoms in total. The van der Waals surface area contributed by atoms with Crippen LogP contribution in [-0.2, 0) is 0 Å². The van der Waals surface area contributed by atoms with Crippen LogP contribution in [0, 0.1) is 0 Å². The fourth-order valence-corrected chi connectivity index (χ4v) is 1.11. The second-order valence-corrected chi connectivity index (χ2v) is 2.82. The van der Waals surface area contributed by atoms with Crippen molar-refractivity contribution in [1.82, 2.24) is 9.97 Å². The van der Waals surface area contributed by atoms with E-state index in [0.717, 1.165) is 22.6 Å². The third-order valence-corrected chi connectivity index (χ3v) is 1.87. The first-order valence-corrected chi connectivity index (χ1v) is 4.39. The summed E-state index contributed by atoms with van der Waals surface area (Å²) in [7, 11) is 0. The SMILES string of the molecule is C=C/C(C)=c1/cncn/c1=C/CC. The van der Waals surface area contributed by atoms with Crippen molar-refractivity contribution in [2.75, 3.05) is 0 Å². The molecule has 0 aliphatic carbocycles. The molecule has 0 saturated carbocycles. The van der Waals surface area contributed by atoms with E-state index in [4.69, 9.17) is 0 Å². The molecule has 1 aromatic rings. The van der Waals surface area contributed by atoms with Crippen molar-refractivity contribution in [3.8, 4) is 0 Å². The Morgan fingerprint density at radius 2 is 2.38 bits per heavy atom. The average Bonchev–Trinajstić information content (AvgIpc) is 2.18. The monoisotopic (exact) mass is 174 g/mol. The number of hydrogen-bond acceptors (Lipinski definition) is 2. The van der Waals surface area contributed by atoms with E-state index in [2.05, 4.69) is 29.5 Å². The zero-order valence-electron chi connectivity index (χ0n) is 8.12. The molecule has 0 saturated heterocycles. The van der Waals surface area contributed by atoms with Gasteiger partial charge >= 0.3 is 0 Å². The minimum absolute atomic E-state index is 0.981. The summed E-state index contributed by atoms with van der Waals surface area (Å²) in [5.74, 6) is 0. The van der Waals surface area contributed by atoms with Crippen LogP contribution in [0.15, 0.2) is 25.2 Å². The Balaban J connectivity index is 3.55. The van der Waals surface area contributed by atoms with Crippen LogP contribution < -0.4 is 10.6 Å². The van der Waals surface area contributed by atoms with Gasteiger partial charge in [0.25, 0.3) is 0 Å². The second-order valence-electron chi connectivity index (χ2n) is 2.82. The largest absolute Gasteiger partial charge is 0.244 e. The summed E-state index contributed by atoms with van der Waals surface area (Å²) in [4.78, 5) is 8.20. The molecule has 2 heteroatoms. The minimum Gasteiger partial charge on any atom is -0.244 e. The average molecular weight is 174 g/mol. The molecule has 1 aromatic heterocycles. The van der Waals surface area contributed by atoms with E-state index in [0.29, 0.717) is 0 Å². The first-order chi connectivity index (χ1) is 6.29. The predicted octanol–water partition coefficient (Wildman–Crippen LogP) is 1.02. The summed E-state index contributed by atoms with van der Waals surface area (Å²) in [6, 6.07) is 0. The van der Waals surface area contributed by atoms with Crippen LogP contribution in [-0.4, -0.2) is 9.97 Å². The highest BCUT2D eigenvalue weighted by atomic mass is 14.8. The van der Waals surface area contributed by atoms with Crippen LogP contribution in [0.3, 0.4) is 0 Å². The number of rotatable bonds is 2. The van der Waals surface area contributed by atoms with Crippen LogP contribution >= 0.6 is 0 Å². The molecule has 0 amide bonds. The third-order valence-electron chi connectivity index (χ3n) is 1.87. The molecule has 13 heavy (non-hydrogen) atoms. The van der Waals surface area contributed by atoms with Crippen molar-refractivity contribution in [3.63, 3.8) is 0 Å². The molecule has 0 bridgehead atoms.